The van der Waals surface area contributed by atoms with Gasteiger partial charge in [-0.15, -0.1) is 0 Å². The molecule has 0 spiro atoms. The molecule has 0 unspecified atom stereocenters. The number of nitrogens with zero attached hydrogens (tertiary/aromatic N) is 3. The van der Waals surface area contributed by atoms with Crippen LogP contribution in [-0.4, -0.2) is 27.1 Å². The molecule has 0 radical (unpaired) electrons. The molecule has 4 aromatic rings. The number of anilines is 1. The van der Waals surface area contributed by atoms with Crippen molar-refractivity contribution < 1.29 is 4.79 Å². The van der Waals surface area contributed by atoms with E-state index >= 15 is 0 Å². The maximum atomic E-state index is 12.4. The van der Waals surface area contributed by atoms with Crippen molar-refractivity contribution in [3.05, 3.63) is 89.4 Å². The molecule has 0 bridgehead atoms. The van der Waals surface area contributed by atoms with Gasteiger partial charge in [0.25, 0.3) is 0 Å². The van der Waals surface area contributed by atoms with Gasteiger partial charge in [0.1, 0.15) is 11.3 Å². The standard InChI is InChI=1S/C24H25N5O/c1-17-8-6-11-20(18(17)2)28-24(30)26-15-13-22-27-21-12-7-14-25-23(21)29(22)16-19-9-4-3-5-10-19/h3-12,14H,13,15-16H2,1-2H3,(H2,26,28,30). The van der Waals surface area contributed by atoms with Crippen LogP contribution in [0.25, 0.3) is 11.2 Å². The van der Waals surface area contributed by atoms with Crippen LogP contribution in [0.2, 0.25) is 0 Å². The van der Waals surface area contributed by atoms with E-state index in [1.807, 2.05) is 62.4 Å². The van der Waals surface area contributed by atoms with Gasteiger partial charge in [-0.05, 0) is 48.7 Å². The number of imidazole rings is 1. The van der Waals surface area contributed by atoms with E-state index in [1.165, 1.54) is 5.56 Å². The minimum Gasteiger partial charge on any atom is -0.337 e. The van der Waals surface area contributed by atoms with Crippen molar-refractivity contribution in [1.82, 2.24) is 19.9 Å². The molecule has 0 saturated carbocycles. The molecule has 30 heavy (non-hydrogen) atoms. The van der Waals surface area contributed by atoms with E-state index in [0.717, 1.165) is 33.8 Å². The molecule has 2 aromatic carbocycles. The number of amides is 2. The van der Waals surface area contributed by atoms with Crippen molar-refractivity contribution in [3.8, 4) is 0 Å². The van der Waals surface area contributed by atoms with Crippen molar-refractivity contribution >= 4 is 22.9 Å². The monoisotopic (exact) mass is 399 g/mol. The fourth-order valence-electron chi connectivity index (χ4n) is 3.47. The number of urea groups is 1. The first-order valence-electron chi connectivity index (χ1n) is 10.1. The Hall–Kier alpha value is -3.67. The topological polar surface area (TPSA) is 71.8 Å². The second-order valence-electron chi connectivity index (χ2n) is 7.32. The van der Waals surface area contributed by atoms with E-state index in [0.29, 0.717) is 19.5 Å². The summed E-state index contributed by atoms with van der Waals surface area (Å²) in [7, 11) is 0. The van der Waals surface area contributed by atoms with Gasteiger partial charge in [-0.25, -0.2) is 14.8 Å². The highest BCUT2D eigenvalue weighted by atomic mass is 16.2. The quantitative estimate of drug-likeness (QED) is 0.503. The summed E-state index contributed by atoms with van der Waals surface area (Å²) in [5, 5.41) is 5.87. The number of carbonyl (C=O) groups excluding carboxylic acids is 1. The predicted molar refractivity (Wildman–Crippen MR) is 120 cm³/mol. The maximum Gasteiger partial charge on any atom is 0.319 e. The van der Waals surface area contributed by atoms with Crippen LogP contribution in [0.15, 0.2) is 66.9 Å². The Morgan fingerprint density at radius 2 is 1.83 bits per heavy atom. The average molecular weight is 399 g/mol. The highest BCUT2D eigenvalue weighted by Crippen LogP contribution is 2.18. The number of hydrogen-bond acceptors (Lipinski definition) is 3. The first-order valence-corrected chi connectivity index (χ1v) is 10.1. The van der Waals surface area contributed by atoms with Gasteiger partial charge in [0.2, 0.25) is 0 Å². The van der Waals surface area contributed by atoms with Gasteiger partial charge in [-0.2, -0.15) is 0 Å². The van der Waals surface area contributed by atoms with Crippen LogP contribution in [0.1, 0.15) is 22.5 Å². The first-order chi connectivity index (χ1) is 14.6. The van der Waals surface area contributed by atoms with E-state index in [4.69, 9.17) is 4.98 Å². The van der Waals surface area contributed by atoms with Crippen molar-refractivity contribution in [2.75, 3.05) is 11.9 Å². The molecule has 2 amide bonds. The third-order valence-corrected chi connectivity index (χ3v) is 5.25. The highest BCUT2D eigenvalue weighted by molar-refractivity contribution is 5.90. The van der Waals surface area contributed by atoms with Crippen molar-refractivity contribution in [3.63, 3.8) is 0 Å². The fourth-order valence-corrected chi connectivity index (χ4v) is 3.47. The van der Waals surface area contributed by atoms with Crippen molar-refractivity contribution in [1.29, 1.82) is 0 Å². The molecule has 0 saturated heterocycles. The van der Waals surface area contributed by atoms with Crippen LogP contribution in [0, 0.1) is 13.8 Å². The minimum atomic E-state index is -0.215. The highest BCUT2D eigenvalue weighted by Gasteiger charge is 2.13. The van der Waals surface area contributed by atoms with Gasteiger partial charge in [0.15, 0.2) is 5.65 Å². The first kappa shape index (κ1) is 19.6. The lowest BCUT2D eigenvalue weighted by molar-refractivity contribution is 0.252. The van der Waals surface area contributed by atoms with Crippen LogP contribution in [-0.2, 0) is 13.0 Å². The van der Waals surface area contributed by atoms with E-state index < -0.39 is 0 Å². The molecule has 2 N–H and O–H groups in total. The third-order valence-electron chi connectivity index (χ3n) is 5.25. The smallest absolute Gasteiger partial charge is 0.319 e. The number of fused-ring (bicyclic) bond motifs is 1. The summed E-state index contributed by atoms with van der Waals surface area (Å²) >= 11 is 0. The number of carbonyl (C=O) groups is 1. The average Bonchev–Trinajstić information content (AvgIpc) is 3.09. The molecule has 0 aliphatic rings. The number of aromatic nitrogens is 3. The SMILES string of the molecule is Cc1cccc(NC(=O)NCCc2nc3cccnc3n2Cc2ccccc2)c1C. The zero-order valence-electron chi connectivity index (χ0n) is 17.2. The van der Waals surface area contributed by atoms with Gasteiger partial charge in [-0.1, -0.05) is 42.5 Å². The lowest BCUT2D eigenvalue weighted by atomic mass is 10.1. The van der Waals surface area contributed by atoms with Crippen molar-refractivity contribution in [2.24, 2.45) is 0 Å². The molecule has 4 rings (SSSR count). The third kappa shape index (κ3) is 4.33. The largest absolute Gasteiger partial charge is 0.337 e. The summed E-state index contributed by atoms with van der Waals surface area (Å²) in [6.45, 7) is 5.21. The molecule has 2 aromatic heterocycles. The summed E-state index contributed by atoms with van der Waals surface area (Å²) in [5.74, 6) is 0.902. The van der Waals surface area contributed by atoms with Crippen molar-refractivity contribution in [2.45, 2.75) is 26.8 Å². The van der Waals surface area contributed by atoms with Gasteiger partial charge in [0.05, 0.1) is 6.54 Å². The normalized spacial score (nSPS) is 10.9. The Kier molecular flexibility index (Phi) is 5.75. The molecule has 2 heterocycles. The molecule has 0 aliphatic carbocycles. The number of rotatable bonds is 6. The number of benzene rings is 2. The molecule has 6 nitrogen and oxygen atoms in total. The van der Waals surface area contributed by atoms with Crippen LogP contribution in [0.3, 0.4) is 0 Å². The Morgan fingerprint density at radius 3 is 2.67 bits per heavy atom. The van der Waals surface area contributed by atoms with Gasteiger partial charge < -0.3 is 15.2 Å². The molecule has 0 atom stereocenters. The predicted octanol–water partition coefficient (Wildman–Crippen LogP) is 4.46. The molecule has 6 heteroatoms. The van der Waals surface area contributed by atoms with Crippen LogP contribution < -0.4 is 10.6 Å². The fraction of sp³-hybridized carbons (Fsp3) is 0.208. The van der Waals surface area contributed by atoms with E-state index in [2.05, 4.69) is 32.3 Å². The summed E-state index contributed by atoms with van der Waals surface area (Å²) in [6.07, 6.45) is 2.40. The zero-order valence-corrected chi connectivity index (χ0v) is 17.2. The van der Waals surface area contributed by atoms with Crippen LogP contribution in [0.5, 0.6) is 0 Å². The summed E-state index contributed by atoms with van der Waals surface area (Å²) in [4.78, 5) is 21.6. The molecule has 0 aliphatic heterocycles. The summed E-state index contributed by atoms with van der Waals surface area (Å²) in [5.41, 5.74) is 5.95. The Bertz CT molecular complexity index is 1170. The lowest BCUT2D eigenvalue weighted by Gasteiger charge is -2.12. The number of aryl methyl sites for hydroxylation is 1. The van der Waals surface area contributed by atoms with Gasteiger partial charge >= 0.3 is 6.03 Å². The number of nitrogens with one attached hydrogen (secondary N) is 2. The molecule has 0 fully saturated rings. The summed E-state index contributed by atoms with van der Waals surface area (Å²) < 4.78 is 2.12. The van der Waals surface area contributed by atoms with Crippen LogP contribution in [0.4, 0.5) is 10.5 Å². The Morgan fingerprint density at radius 1 is 1.00 bits per heavy atom. The Balaban J connectivity index is 1.45. The maximum absolute atomic E-state index is 12.4. The lowest BCUT2D eigenvalue weighted by Crippen LogP contribution is -2.31. The minimum absolute atomic E-state index is 0.215. The molecular formula is C24H25N5O. The number of pyridine rings is 1. The molecule has 152 valence electrons. The zero-order chi connectivity index (χ0) is 20.9. The van der Waals surface area contributed by atoms with E-state index in [9.17, 15) is 4.79 Å². The van der Waals surface area contributed by atoms with Gasteiger partial charge in [0, 0.05) is 24.8 Å². The second kappa shape index (κ2) is 8.78. The van der Waals surface area contributed by atoms with E-state index in [-0.39, 0.29) is 6.03 Å². The van der Waals surface area contributed by atoms with Crippen LogP contribution >= 0.6 is 0 Å². The van der Waals surface area contributed by atoms with E-state index in [1.54, 1.807) is 6.20 Å². The summed E-state index contributed by atoms with van der Waals surface area (Å²) in [6, 6.07) is 19.8. The van der Waals surface area contributed by atoms with Gasteiger partial charge in [-0.3, -0.25) is 0 Å². The molecular weight excluding hydrogens is 374 g/mol. The number of hydrogen-bond donors (Lipinski definition) is 2. The second-order valence-corrected chi connectivity index (χ2v) is 7.32. The Labute approximate surface area is 176 Å².